The zero-order chi connectivity index (χ0) is 13.5. The molecular formula is C13H19NO3S. The van der Waals surface area contributed by atoms with Crippen molar-refractivity contribution in [3.8, 4) is 0 Å². The predicted molar refractivity (Wildman–Crippen MR) is 71.3 cm³/mol. The lowest BCUT2D eigenvalue weighted by molar-refractivity contribution is -0.141. The van der Waals surface area contributed by atoms with Gasteiger partial charge in [-0.25, -0.2) is 0 Å². The fourth-order valence-electron chi connectivity index (χ4n) is 1.46. The number of rotatable bonds is 6. The number of thiophene rings is 1. The van der Waals surface area contributed by atoms with Crippen LogP contribution in [0.1, 0.15) is 37.6 Å². The second kappa shape index (κ2) is 7.16. The first kappa shape index (κ1) is 14.7. The maximum absolute atomic E-state index is 11.9. The van der Waals surface area contributed by atoms with Crippen LogP contribution in [-0.2, 0) is 14.3 Å². The van der Waals surface area contributed by atoms with E-state index < -0.39 is 0 Å². The summed E-state index contributed by atoms with van der Waals surface area (Å²) in [5.41, 5.74) is 0. The number of hydrogen-bond donors (Lipinski definition) is 1. The maximum Gasteiger partial charge on any atom is 0.307 e. The Morgan fingerprint density at radius 1 is 1.50 bits per heavy atom. The lowest BCUT2D eigenvalue weighted by Crippen LogP contribution is -2.33. The number of ether oxygens (including phenoxy) is 1. The molecule has 1 rings (SSSR count). The molecule has 1 aromatic rings. The average Bonchev–Trinajstić information content (AvgIpc) is 2.90. The van der Waals surface area contributed by atoms with Gasteiger partial charge in [0.1, 0.15) is 0 Å². The third kappa shape index (κ3) is 4.14. The average molecular weight is 269 g/mol. The van der Waals surface area contributed by atoms with Crippen molar-refractivity contribution in [2.75, 3.05) is 7.11 Å². The second-order valence-corrected chi connectivity index (χ2v) is 5.15. The van der Waals surface area contributed by atoms with Crippen LogP contribution < -0.4 is 5.32 Å². The van der Waals surface area contributed by atoms with E-state index in [1.807, 2.05) is 31.4 Å². The Bertz CT molecular complexity index is 389. The van der Waals surface area contributed by atoms with Crippen molar-refractivity contribution in [2.24, 2.45) is 5.92 Å². The molecule has 5 heteroatoms. The first-order valence-corrected chi connectivity index (χ1v) is 6.87. The molecule has 0 radical (unpaired) electrons. The van der Waals surface area contributed by atoms with Gasteiger partial charge in [0.05, 0.1) is 19.6 Å². The zero-order valence-corrected chi connectivity index (χ0v) is 11.8. The van der Waals surface area contributed by atoms with Gasteiger partial charge in [0.15, 0.2) is 0 Å². The van der Waals surface area contributed by atoms with Crippen LogP contribution in [-0.4, -0.2) is 19.0 Å². The van der Waals surface area contributed by atoms with Gasteiger partial charge in [0.2, 0.25) is 5.91 Å². The van der Waals surface area contributed by atoms with Gasteiger partial charge < -0.3 is 10.1 Å². The molecule has 2 atom stereocenters. The van der Waals surface area contributed by atoms with E-state index in [0.29, 0.717) is 0 Å². The Morgan fingerprint density at radius 2 is 2.22 bits per heavy atom. The topological polar surface area (TPSA) is 55.4 Å². The number of methoxy groups -OCH3 is 1. The lowest BCUT2D eigenvalue weighted by Gasteiger charge is -2.18. The van der Waals surface area contributed by atoms with Crippen molar-refractivity contribution in [1.29, 1.82) is 0 Å². The predicted octanol–water partition coefficient (Wildman–Crippen LogP) is 2.51. The van der Waals surface area contributed by atoms with Crippen molar-refractivity contribution in [3.05, 3.63) is 22.4 Å². The van der Waals surface area contributed by atoms with Crippen molar-refractivity contribution in [1.82, 2.24) is 5.32 Å². The molecule has 0 aliphatic carbocycles. The van der Waals surface area contributed by atoms with Gasteiger partial charge in [0, 0.05) is 10.8 Å². The first-order chi connectivity index (χ1) is 8.58. The number of esters is 1. The van der Waals surface area contributed by atoms with Gasteiger partial charge in [-0.05, 0) is 17.9 Å². The highest BCUT2D eigenvalue weighted by Gasteiger charge is 2.21. The highest BCUT2D eigenvalue weighted by Crippen LogP contribution is 2.23. The molecule has 0 saturated carbocycles. The SMILES string of the molecule is CCC(C)C(=O)NC(CC(=O)OC)c1cccs1. The molecule has 0 spiro atoms. The first-order valence-electron chi connectivity index (χ1n) is 5.99. The molecule has 100 valence electrons. The molecule has 1 aromatic heterocycles. The smallest absolute Gasteiger partial charge is 0.307 e. The minimum atomic E-state index is -0.321. The molecule has 2 unspecified atom stereocenters. The summed E-state index contributed by atoms with van der Waals surface area (Å²) >= 11 is 1.52. The summed E-state index contributed by atoms with van der Waals surface area (Å²) < 4.78 is 4.66. The molecule has 0 bridgehead atoms. The van der Waals surface area contributed by atoms with Crippen LogP contribution in [0.5, 0.6) is 0 Å². The normalized spacial score (nSPS) is 13.7. The molecule has 1 amide bonds. The Balaban J connectivity index is 2.72. The summed E-state index contributed by atoms with van der Waals surface area (Å²) in [7, 11) is 1.35. The quantitative estimate of drug-likeness (QED) is 0.807. The number of carbonyl (C=O) groups is 2. The summed E-state index contributed by atoms with van der Waals surface area (Å²) in [6, 6.07) is 3.52. The van der Waals surface area contributed by atoms with Crippen LogP contribution >= 0.6 is 11.3 Å². The molecule has 18 heavy (non-hydrogen) atoms. The van der Waals surface area contributed by atoms with Gasteiger partial charge in [-0.3, -0.25) is 9.59 Å². The molecule has 1 heterocycles. The maximum atomic E-state index is 11.9. The molecule has 0 saturated heterocycles. The third-order valence-electron chi connectivity index (χ3n) is 2.86. The van der Waals surface area contributed by atoms with E-state index in [1.54, 1.807) is 0 Å². The van der Waals surface area contributed by atoms with Crippen LogP contribution in [0.3, 0.4) is 0 Å². The van der Waals surface area contributed by atoms with E-state index in [0.717, 1.165) is 11.3 Å². The Hall–Kier alpha value is -1.36. The number of hydrogen-bond acceptors (Lipinski definition) is 4. The Labute approximate surface area is 111 Å². The van der Waals surface area contributed by atoms with E-state index in [-0.39, 0.29) is 30.3 Å². The van der Waals surface area contributed by atoms with Crippen molar-refractivity contribution in [2.45, 2.75) is 32.7 Å². The standard InChI is InChI=1S/C13H19NO3S/c1-4-9(2)13(16)14-10(8-12(15)17-3)11-6-5-7-18-11/h5-7,9-10H,4,8H2,1-3H3,(H,14,16). The summed E-state index contributed by atoms with van der Waals surface area (Å²) in [6.45, 7) is 3.84. The minimum absolute atomic E-state index is 0.0280. The van der Waals surface area contributed by atoms with Gasteiger partial charge in [-0.2, -0.15) is 0 Å². The molecule has 0 aliphatic heterocycles. The van der Waals surface area contributed by atoms with Crippen LogP contribution in [0, 0.1) is 5.92 Å². The fourth-order valence-corrected chi connectivity index (χ4v) is 2.24. The Kier molecular flexibility index (Phi) is 5.85. The van der Waals surface area contributed by atoms with Crippen LogP contribution in [0.25, 0.3) is 0 Å². The van der Waals surface area contributed by atoms with Gasteiger partial charge in [-0.15, -0.1) is 11.3 Å². The Morgan fingerprint density at radius 3 is 2.72 bits per heavy atom. The minimum Gasteiger partial charge on any atom is -0.469 e. The molecule has 0 aliphatic rings. The zero-order valence-electron chi connectivity index (χ0n) is 10.9. The summed E-state index contributed by atoms with van der Waals surface area (Å²) in [5.74, 6) is -0.400. The van der Waals surface area contributed by atoms with Crippen molar-refractivity contribution >= 4 is 23.2 Å². The molecule has 0 aromatic carbocycles. The highest BCUT2D eigenvalue weighted by molar-refractivity contribution is 7.10. The van der Waals surface area contributed by atoms with Crippen LogP contribution in [0.4, 0.5) is 0 Å². The van der Waals surface area contributed by atoms with E-state index in [4.69, 9.17) is 0 Å². The largest absolute Gasteiger partial charge is 0.469 e. The number of amides is 1. The van der Waals surface area contributed by atoms with Crippen molar-refractivity contribution < 1.29 is 14.3 Å². The molecule has 4 nitrogen and oxygen atoms in total. The van der Waals surface area contributed by atoms with Crippen LogP contribution in [0.2, 0.25) is 0 Å². The monoisotopic (exact) mass is 269 g/mol. The van der Waals surface area contributed by atoms with E-state index in [9.17, 15) is 9.59 Å². The number of carbonyl (C=O) groups excluding carboxylic acids is 2. The van der Waals surface area contributed by atoms with Gasteiger partial charge in [0.25, 0.3) is 0 Å². The lowest BCUT2D eigenvalue weighted by atomic mass is 10.1. The third-order valence-corrected chi connectivity index (χ3v) is 3.85. The van der Waals surface area contributed by atoms with Crippen molar-refractivity contribution in [3.63, 3.8) is 0 Å². The van der Waals surface area contributed by atoms with E-state index in [1.165, 1.54) is 18.4 Å². The summed E-state index contributed by atoms with van der Waals surface area (Å²) in [4.78, 5) is 24.2. The molecule has 1 N–H and O–H groups in total. The number of nitrogens with one attached hydrogen (secondary N) is 1. The highest BCUT2D eigenvalue weighted by atomic mass is 32.1. The summed E-state index contributed by atoms with van der Waals surface area (Å²) in [5, 5.41) is 4.83. The van der Waals surface area contributed by atoms with E-state index in [2.05, 4.69) is 10.1 Å². The second-order valence-electron chi connectivity index (χ2n) is 4.17. The fraction of sp³-hybridized carbons (Fsp3) is 0.538. The van der Waals surface area contributed by atoms with Crippen LogP contribution in [0.15, 0.2) is 17.5 Å². The molecular weight excluding hydrogens is 250 g/mol. The molecule has 0 fully saturated rings. The van der Waals surface area contributed by atoms with E-state index >= 15 is 0 Å². The van der Waals surface area contributed by atoms with Gasteiger partial charge >= 0.3 is 5.97 Å². The van der Waals surface area contributed by atoms with Gasteiger partial charge in [-0.1, -0.05) is 19.9 Å². The summed E-state index contributed by atoms with van der Waals surface area (Å²) in [6.07, 6.45) is 0.945.